The van der Waals surface area contributed by atoms with Crippen LogP contribution in [0.15, 0.2) is 6.20 Å². The summed E-state index contributed by atoms with van der Waals surface area (Å²) in [6, 6.07) is 0. The van der Waals surface area contributed by atoms with Gasteiger partial charge in [0.25, 0.3) is 5.91 Å². The highest BCUT2D eigenvalue weighted by atomic mass is 127. The highest BCUT2D eigenvalue weighted by Crippen LogP contribution is 2.42. The number of halogens is 2. The number of aromatic nitrogens is 1. The summed E-state index contributed by atoms with van der Waals surface area (Å²) < 4.78 is 13.8. The molecule has 1 aliphatic carbocycles. The Morgan fingerprint density at radius 2 is 2.29 bits per heavy atom. The summed E-state index contributed by atoms with van der Waals surface area (Å²) >= 11 is 1.96. The molecule has 0 saturated heterocycles. The van der Waals surface area contributed by atoms with Gasteiger partial charge < -0.3 is 5.73 Å². The van der Waals surface area contributed by atoms with Crippen LogP contribution in [0, 0.1) is 9.52 Å². The average molecular weight is 306 g/mol. The van der Waals surface area contributed by atoms with Crippen molar-refractivity contribution in [1.82, 2.24) is 4.98 Å². The van der Waals surface area contributed by atoms with Gasteiger partial charge in [0.1, 0.15) is 5.56 Å². The summed E-state index contributed by atoms with van der Waals surface area (Å²) in [5, 5.41) is 0. The lowest BCUT2D eigenvalue weighted by molar-refractivity contribution is 0.0994. The van der Waals surface area contributed by atoms with Gasteiger partial charge in [-0.1, -0.05) is 0 Å². The lowest BCUT2D eigenvalue weighted by Crippen LogP contribution is -2.17. The number of hydrogen-bond acceptors (Lipinski definition) is 2. The standard InChI is InChI=1S/C9H8FIN2O/c10-8-6(9(12)14)7(11)5(3-13-8)4-1-2-4/h3-4H,1-2H2,(H2,12,14). The molecule has 14 heavy (non-hydrogen) atoms. The van der Waals surface area contributed by atoms with Gasteiger partial charge in [0.2, 0.25) is 5.95 Å². The van der Waals surface area contributed by atoms with Gasteiger partial charge in [-0.15, -0.1) is 0 Å². The Hall–Kier alpha value is -0.720. The van der Waals surface area contributed by atoms with Gasteiger partial charge >= 0.3 is 0 Å². The molecule has 1 aromatic rings. The Morgan fingerprint density at radius 3 is 2.79 bits per heavy atom. The number of carbonyl (C=O) groups is 1. The number of nitrogens with zero attached hydrogens (tertiary/aromatic N) is 1. The second-order valence-electron chi connectivity index (χ2n) is 3.33. The predicted octanol–water partition coefficient (Wildman–Crippen LogP) is 1.80. The summed E-state index contributed by atoms with van der Waals surface area (Å²) in [5.74, 6) is -1.08. The highest BCUT2D eigenvalue weighted by Gasteiger charge is 2.29. The molecule has 1 aliphatic rings. The van der Waals surface area contributed by atoms with Crippen LogP contribution < -0.4 is 5.73 Å². The van der Waals surface area contributed by atoms with Gasteiger partial charge in [-0.25, -0.2) is 4.98 Å². The van der Waals surface area contributed by atoms with E-state index in [1.54, 1.807) is 0 Å². The van der Waals surface area contributed by atoms with Crippen LogP contribution in [0.1, 0.15) is 34.7 Å². The van der Waals surface area contributed by atoms with E-state index in [1.807, 2.05) is 22.6 Å². The molecule has 0 radical (unpaired) electrons. The fourth-order valence-corrected chi connectivity index (χ4v) is 2.44. The van der Waals surface area contributed by atoms with Gasteiger partial charge in [-0.3, -0.25) is 4.79 Å². The second-order valence-corrected chi connectivity index (χ2v) is 4.41. The second kappa shape index (κ2) is 3.45. The monoisotopic (exact) mass is 306 g/mol. The molecule has 1 amide bonds. The Balaban J connectivity index is 2.55. The molecule has 2 N–H and O–H groups in total. The molecule has 0 atom stereocenters. The largest absolute Gasteiger partial charge is 0.365 e. The van der Waals surface area contributed by atoms with E-state index < -0.39 is 11.9 Å². The zero-order valence-electron chi connectivity index (χ0n) is 7.26. The van der Waals surface area contributed by atoms with Crippen molar-refractivity contribution in [2.75, 3.05) is 0 Å². The molecule has 1 aromatic heterocycles. The summed E-state index contributed by atoms with van der Waals surface area (Å²) in [6.07, 6.45) is 3.67. The van der Waals surface area contributed by atoms with E-state index in [1.165, 1.54) is 6.20 Å². The van der Waals surface area contributed by atoms with Crippen molar-refractivity contribution in [3.8, 4) is 0 Å². The molecule has 5 heteroatoms. The molecular formula is C9H8FIN2O. The first kappa shape index (κ1) is 9.82. The number of hydrogen-bond donors (Lipinski definition) is 1. The van der Waals surface area contributed by atoms with Gasteiger partial charge in [0.05, 0.1) is 0 Å². The van der Waals surface area contributed by atoms with E-state index in [9.17, 15) is 9.18 Å². The van der Waals surface area contributed by atoms with Crippen LogP contribution in [-0.2, 0) is 0 Å². The molecule has 0 aliphatic heterocycles. The predicted molar refractivity (Wildman–Crippen MR) is 57.4 cm³/mol. The van der Waals surface area contributed by atoms with Gasteiger partial charge in [0.15, 0.2) is 0 Å². The maximum absolute atomic E-state index is 13.1. The Morgan fingerprint density at radius 1 is 1.64 bits per heavy atom. The number of carbonyl (C=O) groups excluding carboxylic acids is 1. The van der Waals surface area contributed by atoms with Gasteiger partial charge in [-0.2, -0.15) is 4.39 Å². The maximum Gasteiger partial charge on any atom is 0.254 e. The zero-order chi connectivity index (χ0) is 10.3. The number of nitrogens with two attached hydrogens (primary N) is 1. The number of primary amides is 1. The minimum absolute atomic E-state index is 0.0741. The first-order chi connectivity index (χ1) is 6.61. The lowest BCUT2D eigenvalue weighted by Gasteiger charge is -2.06. The molecule has 0 spiro atoms. The third-order valence-electron chi connectivity index (χ3n) is 2.26. The van der Waals surface area contributed by atoms with E-state index in [0.29, 0.717) is 9.49 Å². The first-order valence-corrected chi connectivity index (χ1v) is 5.33. The molecule has 0 unspecified atom stereocenters. The third kappa shape index (κ3) is 1.60. The molecule has 2 rings (SSSR count). The smallest absolute Gasteiger partial charge is 0.254 e. The molecule has 74 valence electrons. The van der Waals surface area contributed by atoms with E-state index in [-0.39, 0.29) is 5.56 Å². The van der Waals surface area contributed by atoms with E-state index >= 15 is 0 Å². The molecule has 3 nitrogen and oxygen atoms in total. The van der Waals surface area contributed by atoms with Gasteiger partial charge in [0, 0.05) is 9.77 Å². The molecular weight excluding hydrogens is 298 g/mol. The van der Waals surface area contributed by atoms with Crippen LogP contribution in [0.2, 0.25) is 0 Å². The van der Waals surface area contributed by atoms with Crippen molar-refractivity contribution >= 4 is 28.5 Å². The van der Waals surface area contributed by atoms with Crippen molar-refractivity contribution in [1.29, 1.82) is 0 Å². The summed E-state index contributed by atoms with van der Waals surface area (Å²) in [4.78, 5) is 14.5. The van der Waals surface area contributed by atoms with Crippen molar-refractivity contribution < 1.29 is 9.18 Å². The van der Waals surface area contributed by atoms with Crippen LogP contribution in [0.3, 0.4) is 0 Å². The Kier molecular flexibility index (Phi) is 2.42. The van der Waals surface area contributed by atoms with E-state index in [2.05, 4.69) is 4.98 Å². The van der Waals surface area contributed by atoms with Crippen LogP contribution in [0.25, 0.3) is 0 Å². The van der Waals surface area contributed by atoms with Crippen molar-refractivity contribution in [3.05, 3.63) is 26.8 Å². The lowest BCUT2D eigenvalue weighted by atomic mass is 10.1. The normalized spacial score (nSPS) is 15.6. The SMILES string of the molecule is NC(=O)c1c(F)ncc(C2CC2)c1I. The summed E-state index contributed by atoms with van der Waals surface area (Å²) in [5.41, 5.74) is 5.95. The molecule has 1 heterocycles. The van der Waals surface area contributed by atoms with Crippen LogP contribution >= 0.6 is 22.6 Å². The minimum Gasteiger partial charge on any atom is -0.365 e. The summed E-state index contributed by atoms with van der Waals surface area (Å²) in [6.45, 7) is 0. The van der Waals surface area contributed by atoms with Crippen LogP contribution in [0.4, 0.5) is 4.39 Å². The molecule has 0 aromatic carbocycles. The van der Waals surface area contributed by atoms with Crippen molar-refractivity contribution in [2.45, 2.75) is 18.8 Å². The Labute approximate surface area is 94.0 Å². The zero-order valence-corrected chi connectivity index (χ0v) is 9.42. The number of amides is 1. The highest BCUT2D eigenvalue weighted by molar-refractivity contribution is 14.1. The molecule has 0 bridgehead atoms. The topological polar surface area (TPSA) is 56.0 Å². The quantitative estimate of drug-likeness (QED) is 0.669. The van der Waals surface area contributed by atoms with Gasteiger partial charge in [-0.05, 0) is 46.9 Å². The Bertz CT molecular complexity index is 404. The average Bonchev–Trinajstić information content (AvgIpc) is 2.86. The maximum atomic E-state index is 13.1. The number of pyridine rings is 1. The van der Waals surface area contributed by atoms with E-state index in [0.717, 1.165) is 18.4 Å². The first-order valence-electron chi connectivity index (χ1n) is 4.25. The minimum atomic E-state index is -0.772. The molecule has 1 saturated carbocycles. The number of rotatable bonds is 2. The third-order valence-corrected chi connectivity index (χ3v) is 3.42. The fourth-order valence-electron chi connectivity index (χ4n) is 1.37. The summed E-state index contributed by atoms with van der Waals surface area (Å²) in [7, 11) is 0. The van der Waals surface area contributed by atoms with Crippen molar-refractivity contribution in [2.24, 2.45) is 5.73 Å². The van der Waals surface area contributed by atoms with Crippen LogP contribution in [-0.4, -0.2) is 10.9 Å². The van der Waals surface area contributed by atoms with Crippen molar-refractivity contribution in [3.63, 3.8) is 0 Å². The van der Waals surface area contributed by atoms with E-state index in [4.69, 9.17) is 5.73 Å². The molecule has 1 fully saturated rings. The fraction of sp³-hybridized carbons (Fsp3) is 0.333. The van der Waals surface area contributed by atoms with Crippen LogP contribution in [0.5, 0.6) is 0 Å².